The summed E-state index contributed by atoms with van der Waals surface area (Å²) in [5.74, 6) is 0.843. The van der Waals surface area contributed by atoms with Crippen LogP contribution >= 0.6 is 0 Å². The molecule has 1 aliphatic rings. The van der Waals surface area contributed by atoms with Crippen molar-refractivity contribution in [2.45, 2.75) is 58.5 Å². The van der Waals surface area contributed by atoms with Crippen LogP contribution in [0.15, 0.2) is 18.2 Å². The minimum Gasteiger partial charge on any atom is -0.496 e. The zero-order chi connectivity index (χ0) is 15.7. The smallest absolute Gasteiger partial charge is 0.125 e. The molecule has 0 spiro atoms. The molecule has 2 atom stereocenters. The van der Waals surface area contributed by atoms with Crippen molar-refractivity contribution in [1.29, 1.82) is 0 Å². The van der Waals surface area contributed by atoms with E-state index in [-0.39, 0.29) is 11.2 Å². The Hall–Kier alpha value is -1.09. The largest absolute Gasteiger partial charge is 0.496 e. The number of methoxy groups -OCH3 is 1. The van der Waals surface area contributed by atoms with Crippen LogP contribution in [-0.4, -0.2) is 12.2 Å². The van der Waals surface area contributed by atoms with Gasteiger partial charge in [0.15, 0.2) is 0 Å². The number of rotatable bonds is 2. The van der Waals surface area contributed by atoms with Gasteiger partial charge in [-0.15, -0.1) is 0 Å². The molecule has 0 bridgehead atoms. The number of hydrogen-bond acceptors (Lipinski definition) is 2. The molecule has 2 unspecified atom stereocenters. The number of ether oxygens (including phenoxy) is 1. The molecule has 1 fully saturated rings. The lowest BCUT2D eigenvalue weighted by Gasteiger charge is -2.31. The summed E-state index contributed by atoms with van der Waals surface area (Å²) in [4.78, 5) is 0. The summed E-state index contributed by atoms with van der Waals surface area (Å²) in [6.07, 6.45) is 4.36. The molecule has 0 saturated heterocycles. The van der Waals surface area contributed by atoms with Gasteiger partial charge in [-0.2, -0.15) is 0 Å². The third-order valence-electron chi connectivity index (χ3n) is 4.94. The first kappa shape index (κ1) is 16.3. The van der Waals surface area contributed by atoms with Gasteiger partial charge < -0.3 is 9.84 Å². The highest BCUT2D eigenvalue weighted by Gasteiger charge is 2.37. The Labute approximate surface area is 127 Å². The van der Waals surface area contributed by atoms with Crippen LogP contribution in [0.2, 0.25) is 0 Å². The SMILES string of the molecule is COc1ccc(F)cc1C1(O)CCCC(C(C)(C)C)CC1. The molecule has 0 radical (unpaired) electrons. The van der Waals surface area contributed by atoms with Gasteiger partial charge in [0, 0.05) is 5.56 Å². The minimum atomic E-state index is -0.979. The van der Waals surface area contributed by atoms with E-state index in [0.29, 0.717) is 30.1 Å². The number of aliphatic hydroxyl groups is 1. The Balaban J connectivity index is 2.29. The number of hydrogen-bond donors (Lipinski definition) is 1. The Morgan fingerprint density at radius 3 is 2.57 bits per heavy atom. The lowest BCUT2D eigenvalue weighted by atomic mass is 9.76. The van der Waals surface area contributed by atoms with Crippen LogP contribution in [0.3, 0.4) is 0 Å². The Bertz CT molecular complexity index is 492. The van der Waals surface area contributed by atoms with E-state index >= 15 is 0 Å². The average Bonchev–Trinajstić information content (AvgIpc) is 2.61. The van der Waals surface area contributed by atoms with Gasteiger partial charge in [-0.25, -0.2) is 4.39 Å². The van der Waals surface area contributed by atoms with E-state index in [1.807, 2.05) is 0 Å². The summed E-state index contributed by atoms with van der Waals surface area (Å²) >= 11 is 0. The fraction of sp³-hybridized carbons (Fsp3) is 0.667. The van der Waals surface area contributed by atoms with Crippen LogP contribution < -0.4 is 4.74 Å². The molecule has 0 amide bonds. The molecule has 0 aliphatic heterocycles. The van der Waals surface area contributed by atoms with Gasteiger partial charge in [-0.05, 0) is 61.6 Å². The minimum absolute atomic E-state index is 0.247. The summed E-state index contributed by atoms with van der Waals surface area (Å²) in [7, 11) is 1.56. The van der Waals surface area contributed by atoms with Crippen molar-refractivity contribution in [2.75, 3.05) is 7.11 Å². The maximum Gasteiger partial charge on any atom is 0.125 e. The van der Waals surface area contributed by atoms with Gasteiger partial charge in [-0.1, -0.05) is 20.8 Å². The van der Waals surface area contributed by atoms with Crippen LogP contribution in [0.25, 0.3) is 0 Å². The van der Waals surface area contributed by atoms with Crippen LogP contribution in [-0.2, 0) is 5.60 Å². The van der Waals surface area contributed by atoms with Crippen molar-refractivity contribution in [2.24, 2.45) is 11.3 Å². The standard InChI is InChI=1S/C18H27FO2/c1-17(2,3)13-6-5-10-18(20,11-9-13)15-12-14(19)7-8-16(15)21-4/h7-8,12-13,20H,5-6,9-11H2,1-4H3. The van der Waals surface area contributed by atoms with Crippen molar-refractivity contribution < 1.29 is 14.2 Å². The van der Waals surface area contributed by atoms with Crippen molar-refractivity contribution in [3.05, 3.63) is 29.6 Å². The summed E-state index contributed by atoms with van der Waals surface area (Å²) in [6, 6.07) is 4.41. The van der Waals surface area contributed by atoms with Crippen LogP contribution in [0.1, 0.15) is 58.4 Å². The van der Waals surface area contributed by atoms with E-state index in [1.54, 1.807) is 13.2 Å². The summed E-state index contributed by atoms with van der Waals surface area (Å²) in [6.45, 7) is 6.76. The lowest BCUT2D eigenvalue weighted by Crippen LogP contribution is -2.26. The first-order valence-electron chi connectivity index (χ1n) is 7.83. The zero-order valence-corrected chi connectivity index (χ0v) is 13.6. The molecule has 1 N–H and O–H groups in total. The second-order valence-electron chi connectivity index (χ2n) is 7.37. The van der Waals surface area contributed by atoms with Crippen molar-refractivity contribution in [1.82, 2.24) is 0 Å². The third kappa shape index (κ3) is 3.57. The Kier molecular flexibility index (Phi) is 4.62. The number of halogens is 1. The topological polar surface area (TPSA) is 29.5 Å². The van der Waals surface area contributed by atoms with E-state index in [4.69, 9.17) is 4.74 Å². The zero-order valence-electron chi connectivity index (χ0n) is 13.6. The van der Waals surface area contributed by atoms with E-state index in [1.165, 1.54) is 12.1 Å². The summed E-state index contributed by atoms with van der Waals surface area (Å²) in [5.41, 5.74) is -0.135. The van der Waals surface area contributed by atoms with Crippen molar-refractivity contribution in [3.63, 3.8) is 0 Å². The molecule has 21 heavy (non-hydrogen) atoms. The quantitative estimate of drug-likeness (QED) is 0.805. The molecule has 1 aromatic rings. The fourth-order valence-corrected chi connectivity index (χ4v) is 3.50. The fourth-order valence-electron chi connectivity index (χ4n) is 3.50. The van der Waals surface area contributed by atoms with Crippen LogP contribution in [0.5, 0.6) is 5.75 Å². The average molecular weight is 294 g/mol. The van der Waals surface area contributed by atoms with Crippen LogP contribution in [0.4, 0.5) is 4.39 Å². The highest BCUT2D eigenvalue weighted by Crippen LogP contribution is 2.45. The van der Waals surface area contributed by atoms with Gasteiger partial charge in [0.2, 0.25) is 0 Å². The summed E-state index contributed by atoms with van der Waals surface area (Å²) in [5, 5.41) is 11.1. The van der Waals surface area contributed by atoms with Gasteiger partial charge >= 0.3 is 0 Å². The molecule has 1 aliphatic carbocycles. The highest BCUT2D eigenvalue weighted by molar-refractivity contribution is 5.38. The highest BCUT2D eigenvalue weighted by atomic mass is 19.1. The number of benzene rings is 1. The van der Waals surface area contributed by atoms with Gasteiger partial charge in [0.05, 0.1) is 12.7 Å². The first-order chi connectivity index (χ1) is 9.76. The second kappa shape index (κ2) is 5.96. The molecule has 1 saturated carbocycles. The molecule has 1 aromatic carbocycles. The van der Waals surface area contributed by atoms with Crippen LogP contribution in [0, 0.1) is 17.2 Å². The van der Waals surface area contributed by atoms with Crippen molar-refractivity contribution in [3.8, 4) is 5.75 Å². The molecule has 0 heterocycles. The maximum absolute atomic E-state index is 13.6. The molecule has 118 valence electrons. The molecular formula is C18H27FO2. The molecule has 3 heteroatoms. The maximum atomic E-state index is 13.6. The predicted octanol–water partition coefficient (Wildman–Crippen LogP) is 4.65. The first-order valence-corrected chi connectivity index (χ1v) is 7.83. The summed E-state index contributed by atoms with van der Waals surface area (Å²) < 4.78 is 18.9. The molecule has 0 aromatic heterocycles. The third-order valence-corrected chi connectivity index (χ3v) is 4.94. The molecule has 2 rings (SSSR count). The lowest BCUT2D eigenvalue weighted by molar-refractivity contribution is 0.0155. The van der Waals surface area contributed by atoms with Gasteiger partial charge in [-0.3, -0.25) is 0 Å². The molecular weight excluding hydrogens is 267 g/mol. The van der Waals surface area contributed by atoms with Gasteiger partial charge in [0.1, 0.15) is 11.6 Å². The van der Waals surface area contributed by atoms with Gasteiger partial charge in [0.25, 0.3) is 0 Å². The normalized spacial score (nSPS) is 27.2. The van der Waals surface area contributed by atoms with E-state index < -0.39 is 5.60 Å². The monoisotopic (exact) mass is 294 g/mol. The Morgan fingerprint density at radius 1 is 1.24 bits per heavy atom. The Morgan fingerprint density at radius 2 is 1.95 bits per heavy atom. The van der Waals surface area contributed by atoms with E-state index in [2.05, 4.69) is 20.8 Å². The molecule has 2 nitrogen and oxygen atoms in total. The van der Waals surface area contributed by atoms with E-state index in [9.17, 15) is 9.50 Å². The second-order valence-corrected chi connectivity index (χ2v) is 7.37. The predicted molar refractivity (Wildman–Crippen MR) is 82.9 cm³/mol. The van der Waals surface area contributed by atoms with E-state index in [0.717, 1.165) is 19.3 Å². The van der Waals surface area contributed by atoms with Crippen molar-refractivity contribution >= 4 is 0 Å².